The summed E-state index contributed by atoms with van der Waals surface area (Å²) in [6.07, 6.45) is 0.378. The van der Waals surface area contributed by atoms with Crippen molar-refractivity contribution in [3.8, 4) is 6.07 Å². The maximum Gasteiger partial charge on any atom is 0.221 e. The van der Waals surface area contributed by atoms with Gasteiger partial charge in [-0.05, 0) is 33.8 Å². The van der Waals surface area contributed by atoms with Crippen LogP contribution >= 0.6 is 0 Å². The van der Waals surface area contributed by atoms with E-state index in [1.54, 1.807) is 0 Å². The lowest BCUT2D eigenvalue weighted by Crippen LogP contribution is -2.31. The zero-order valence-electron chi connectivity index (χ0n) is 11.9. The first-order valence-electron chi connectivity index (χ1n) is 6.35. The fraction of sp³-hybridized carbons (Fsp3) is 0.500. The number of aromatic nitrogens is 1. The van der Waals surface area contributed by atoms with Crippen molar-refractivity contribution in [1.82, 2.24) is 10.3 Å². The normalized spacial score (nSPS) is 10.1. The molecule has 0 aliphatic carbocycles. The zero-order chi connectivity index (χ0) is 14.4. The van der Waals surface area contributed by atoms with Crippen LogP contribution in [0.4, 0.5) is 5.69 Å². The van der Waals surface area contributed by atoms with Crippen LogP contribution in [0.5, 0.6) is 0 Å². The predicted molar refractivity (Wildman–Crippen MR) is 74.8 cm³/mol. The summed E-state index contributed by atoms with van der Waals surface area (Å²) in [7, 11) is 0. The van der Waals surface area contributed by atoms with Gasteiger partial charge in [-0.15, -0.1) is 0 Å². The lowest BCUT2D eigenvalue weighted by Gasteiger charge is -2.12. The van der Waals surface area contributed by atoms with Crippen LogP contribution in [-0.4, -0.2) is 23.5 Å². The number of nitrogens with zero attached hydrogens (tertiary/aromatic N) is 2. The molecule has 5 heteroatoms. The molecule has 0 unspecified atom stereocenters. The highest BCUT2D eigenvalue weighted by Crippen LogP contribution is 2.18. The number of nitrogens with one attached hydrogen (secondary N) is 2. The number of anilines is 1. The molecule has 5 nitrogen and oxygen atoms in total. The van der Waals surface area contributed by atoms with E-state index in [0.29, 0.717) is 24.2 Å². The van der Waals surface area contributed by atoms with E-state index < -0.39 is 0 Å². The first-order chi connectivity index (χ1) is 8.93. The van der Waals surface area contributed by atoms with Crippen LogP contribution in [0, 0.1) is 25.2 Å². The minimum absolute atomic E-state index is 0.00325. The monoisotopic (exact) mass is 260 g/mol. The van der Waals surface area contributed by atoms with Crippen LogP contribution in [0.25, 0.3) is 0 Å². The maximum absolute atomic E-state index is 11.5. The van der Waals surface area contributed by atoms with E-state index in [0.717, 1.165) is 11.4 Å². The number of hydrogen-bond acceptors (Lipinski definition) is 4. The Bertz CT molecular complexity index is 503. The number of carbonyl (C=O) groups is 1. The van der Waals surface area contributed by atoms with Crippen molar-refractivity contribution >= 4 is 11.6 Å². The molecule has 0 radical (unpaired) electrons. The molecule has 0 bridgehead atoms. The number of nitriles is 1. The van der Waals surface area contributed by atoms with Gasteiger partial charge < -0.3 is 10.6 Å². The third-order valence-corrected chi connectivity index (χ3v) is 2.56. The summed E-state index contributed by atoms with van der Waals surface area (Å²) in [5.74, 6) is 0.00325. The summed E-state index contributed by atoms with van der Waals surface area (Å²) in [6.45, 7) is 8.03. The molecule has 19 heavy (non-hydrogen) atoms. The standard InChI is InChI=1S/C14H20N4O/c1-9(2)17-14(19)5-6-16-13-7-10(3)18-11(4)12(13)8-15/h7,9H,5-6H2,1-4H3,(H,16,18)(H,17,19). The number of rotatable bonds is 5. The van der Waals surface area contributed by atoms with Gasteiger partial charge in [-0.25, -0.2) is 0 Å². The average Bonchev–Trinajstić information content (AvgIpc) is 2.27. The van der Waals surface area contributed by atoms with E-state index in [-0.39, 0.29) is 11.9 Å². The van der Waals surface area contributed by atoms with Gasteiger partial charge in [-0.3, -0.25) is 9.78 Å². The Balaban J connectivity index is 2.64. The molecule has 0 aliphatic rings. The predicted octanol–water partition coefficient (Wildman–Crippen LogP) is 1.90. The second kappa shape index (κ2) is 6.74. The second-order valence-corrected chi connectivity index (χ2v) is 4.78. The zero-order valence-corrected chi connectivity index (χ0v) is 11.9. The minimum Gasteiger partial charge on any atom is -0.383 e. The minimum atomic E-state index is 0.00325. The lowest BCUT2D eigenvalue weighted by atomic mass is 10.1. The van der Waals surface area contributed by atoms with E-state index in [1.807, 2.05) is 33.8 Å². The topological polar surface area (TPSA) is 77.8 Å². The summed E-state index contributed by atoms with van der Waals surface area (Å²) >= 11 is 0. The maximum atomic E-state index is 11.5. The average molecular weight is 260 g/mol. The molecular formula is C14H20N4O. The Hall–Kier alpha value is -2.09. The van der Waals surface area contributed by atoms with Gasteiger partial charge in [0.25, 0.3) is 0 Å². The number of carbonyl (C=O) groups excluding carboxylic acids is 1. The Morgan fingerprint density at radius 1 is 1.47 bits per heavy atom. The van der Waals surface area contributed by atoms with Crippen molar-refractivity contribution in [2.24, 2.45) is 0 Å². The van der Waals surface area contributed by atoms with E-state index in [9.17, 15) is 4.79 Å². The molecule has 2 N–H and O–H groups in total. The molecule has 102 valence electrons. The van der Waals surface area contributed by atoms with Crippen LogP contribution in [-0.2, 0) is 4.79 Å². The fourth-order valence-corrected chi connectivity index (χ4v) is 1.81. The number of amides is 1. The molecule has 0 saturated heterocycles. The second-order valence-electron chi connectivity index (χ2n) is 4.78. The van der Waals surface area contributed by atoms with Gasteiger partial charge in [-0.2, -0.15) is 5.26 Å². The molecule has 1 rings (SSSR count). The van der Waals surface area contributed by atoms with E-state index >= 15 is 0 Å². The number of hydrogen-bond donors (Lipinski definition) is 2. The van der Waals surface area contributed by atoms with Crippen LogP contribution in [0.2, 0.25) is 0 Å². The van der Waals surface area contributed by atoms with Crippen molar-refractivity contribution in [2.75, 3.05) is 11.9 Å². The highest BCUT2D eigenvalue weighted by molar-refractivity contribution is 5.76. The number of pyridine rings is 1. The van der Waals surface area contributed by atoms with Gasteiger partial charge in [-0.1, -0.05) is 0 Å². The molecule has 1 heterocycles. The molecule has 0 saturated carbocycles. The van der Waals surface area contributed by atoms with Gasteiger partial charge in [0.2, 0.25) is 5.91 Å². The first kappa shape index (κ1) is 15.0. The molecule has 1 amide bonds. The molecule has 0 aliphatic heterocycles. The Labute approximate surface area is 114 Å². The van der Waals surface area contributed by atoms with Crippen LogP contribution in [0.3, 0.4) is 0 Å². The van der Waals surface area contributed by atoms with E-state index in [4.69, 9.17) is 5.26 Å². The van der Waals surface area contributed by atoms with Crippen molar-refractivity contribution in [3.63, 3.8) is 0 Å². The van der Waals surface area contributed by atoms with Crippen molar-refractivity contribution in [3.05, 3.63) is 23.0 Å². The quantitative estimate of drug-likeness (QED) is 0.847. The summed E-state index contributed by atoms with van der Waals surface area (Å²) < 4.78 is 0. The van der Waals surface area contributed by atoms with E-state index in [1.165, 1.54) is 0 Å². The van der Waals surface area contributed by atoms with Crippen molar-refractivity contribution < 1.29 is 4.79 Å². The molecule has 1 aromatic rings. The largest absolute Gasteiger partial charge is 0.383 e. The van der Waals surface area contributed by atoms with Gasteiger partial charge >= 0.3 is 0 Å². The Morgan fingerprint density at radius 3 is 2.74 bits per heavy atom. The molecular weight excluding hydrogens is 240 g/mol. The molecule has 0 fully saturated rings. The first-order valence-corrected chi connectivity index (χ1v) is 6.35. The van der Waals surface area contributed by atoms with Crippen molar-refractivity contribution in [2.45, 2.75) is 40.2 Å². The SMILES string of the molecule is Cc1cc(NCCC(=O)NC(C)C)c(C#N)c(C)n1. The van der Waals surface area contributed by atoms with Crippen molar-refractivity contribution in [1.29, 1.82) is 5.26 Å². The lowest BCUT2D eigenvalue weighted by molar-refractivity contribution is -0.121. The van der Waals surface area contributed by atoms with E-state index in [2.05, 4.69) is 21.7 Å². The number of aryl methyl sites for hydroxylation is 2. The molecule has 0 aromatic carbocycles. The molecule has 0 atom stereocenters. The molecule has 0 spiro atoms. The van der Waals surface area contributed by atoms with Gasteiger partial charge in [0, 0.05) is 24.7 Å². The van der Waals surface area contributed by atoms with Gasteiger partial charge in [0.05, 0.1) is 16.9 Å². The Morgan fingerprint density at radius 2 is 2.16 bits per heavy atom. The summed E-state index contributed by atoms with van der Waals surface area (Å²) in [4.78, 5) is 15.7. The molecule has 1 aromatic heterocycles. The fourth-order valence-electron chi connectivity index (χ4n) is 1.81. The summed E-state index contributed by atoms with van der Waals surface area (Å²) in [5, 5.41) is 15.1. The highest BCUT2D eigenvalue weighted by Gasteiger charge is 2.08. The smallest absolute Gasteiger partial charge is 0.221 e. The van der Waals surface area contributed by atoms with Gasteiger partial charge in [0.1, 0.15) is 6.07 Å². The van der Waals surface area contributed by atoms with Crippen LogP contribution < -0.4 is 10.6 Å². The highest BCUT2D eigenvalue weighted by atomic mass is 16.1. The van der Waals surface area contributed by atoms with Crippen LogP contribution in [0.15, 0.2) is 6.07 Å². The third kappa shape index (κ3) is 4.59. The van der Waals surface area contributed by atoms with Crippen LogP contribution in [0.1, 0.15) is 37.2 Å². The van der Waals surface area contributed by atoms with Gasteiger partial charge in [0.15, 0.2) is 0 Å². The Kier molecular flexibility index (Phi) is 5.31. The summed E-state index contributed by atoms with van der Waals surface area (Å²) in [5.41, 5.74) is 2.84. The summed E-state index contributed by atoms with van der Waals surface area (Å²) in [6, 6.07) is 4.11. The third-order valence-electron chi connectivity index (χ3n) is 2.56.